The van der Waals surface area contributed by atoms with Crippen molar-refractivity contribution in [1.82, 2.24) is 10.2 Å². The van der Waals surface area contributed by atoms with Crippen molar-refractivity contribution in [3.05, 3.63) is 11.8 Å². The fourth-order valence-electron chi connectivity index (χ4n) is 1.08. The Balaban J connectivity index is 3.30. The fourth-order valence-corrected chi connectivity index (χ4v) is 1.08. The Bertz CT molecular complexity index is 128. The molecule has 0 spiro atoms. The zero-order valence-corrected chi connectivity index (χ0v) is 8.85. The summed E-state index contributed by atoms with van der Waals surface area (Å²) in [6, 6.07) is 0. The van der Waals surface area contributed by atoms with Crippen molar-refractivity contribution in [3.8, 4) is 0 Å². The molecule has 0 aliphatic rings. The molecule has 2 nitrogen and oxygen atoms in total. The van der Waals surface area contributed by atoms with Crippen LogP contribution in [0.2, 0.25) is 0 Å². The van der Waals surface area contributed by atoms with Gasteiger partial charge in [0.15, 0.2) is 0 Å². The first-order valence-corrected chi connectivity index (χ1v) is 4.74. The molecule has 0 aromatic heterocycles. The molecule has 0 fully saturated rings. The molecule has 0 aromatic rings. The second kappa shape index (κ2) is 7.17. The van der Waals surface area contributed by atoms with Crippen LogP contribution < -0.4 is 5.32 Å². The SMILES string of the molecule is C/C=C(/CC)NCCCN(C)C. The Hall–Kier alpha value is -0.500. The lowest BCUT2D eigenvalue weighted by molar-refractivity contribution is 0.397. The van der Waals surface area contributed by atoms with Crippen molar-refractivity contribution < 1.29 is 0 Å². The van der Waals surface area contributed by atoms with Crippen molar-refractivity contribution in [2.75, 3.05) is 27.2 Å². The van der Waals surface area contributed by atoms with E-state index in [4.69, 9.17) is 0 Å². The highest BCUT2D eigenvalue weighted by atomic mass is 15.1. The van der Waals surface area contributed by atoms with Crippen LogP contribution in [-0.4, -0.2) is 32.1 Å². The van der Waals surface area contributed by atoms with E-state index in [2.05, 4.69) is 44.2 Å². The van der Waals surface area contributed by atoms with Crippen LogP contribution in [0.25, 0.3) is 0 Å². The Morgan fingerprint density at radius 2 is 2.08 bits per heavy atom. The molecule has 72 valence electrons. The van der Waals surface area contributed by atoms with Crippen molar-refractivity contribution in [2.45, 2.75) is 26.7 Å². The lowest BCUT2D eigenvalue weighted by Gasteiger charge is -2.11. The summed E-state index contributed by atoms with van der Waals surface area (Å²) in [6.07, 6.45) is 4.47. The van der Waals surface area contributed by atoms with Crippen molar-refractivity contribution in [2.24, 2.45) is 0 Å². The highest BCUT2D eigenvalue weighted by Crippen LogP contribution is 1.94. The van der Waals surface area contributed by atoms with Crippen LogP contribution in [0.4, 0.5) is 0 Å². The normalized spacial score (nSPS) is 12.2. The van der Waals surface area contributed by atoms with Crippen molar-refractivity contribution in [3.63, 3.8) is 0 Å². The van der Waals surface area contributed by atoms with Crippen LogP contribution in [0.5, 0.6) is 0 Å². The van der Waals surface area contributed by atoms with Gasteiger partial charge in [0, 0.05) is 12.2 Å². The molecule has 0 rings (SSSR count). The van der Waals surface area contributed by atoms with E-state index in [1.54, 1.807) is 0 Å². The van der Waals surface area contributed by atoms with E-state index in [9.17, 15) is 0 Å². The van der Waals surface area contributed by atoms with Crippen LogP contribution in [0, 0.1) is 0 Å². The average molecular weight is 170 g/mol. The minimum absolute atomic E-state index is 1.09. The standard InChI is InChI=1S/C10H22N2/c1-5-10(6-2)11-8-7-9-12(3)4/h5,11H,6-9H2,1-4H3/b10-5-. The van der Waals surface area contributed by atoms with Gasteiger partial charge in [0.1, 0.15) is 0 Å². The van der Waals surface area contributed by atoms with Gasteiger partial charge in [-0.2, -0.15) is 0 Å². The molecule has 0 saturated carbocycles. The monoisotopic (exact) mass is 170 g/mol. The second-order valence-electron chi connectivity index (χ2n) is 3.25. The molecule has 0 radical (unpaired) electrons. The molecule has 0 amide bonds. The summed E-state index contributed by atoms with van der Waals surface area (Å²) in [5.74, 6) is 0. The summed E-state index contributed by atoms with van der Waals surface area (Å²) < 4.78 is 0. The van der Waals surface area contributed by atoms with Gasteiger partial charge >= 0.3 is 0 Å². The maximum atomic E-state index is 3.41. The van der Waals surface area contributed by atoms with E-state index >= 15 is 0 Å². The minimum Gasteiger partial charge on any atom is -0.389 e. The van der Waals surface area contributed by atoms with Gasteiger partial charge in [-0.1, -0.05) is 13.0 Å². The van der Waals surface area contributed by atoms with Gasteiger partial charge < -0.3 is 10.2 Å². The van der Waals surface area contributed by atoms with Crippen LogP contribution in [-0.2, 0) is 0 Å². The van der Waals surface area contributed by atoms with E-state index in [0.29, 0.717) is 0 Å². The smallest absolute Gasteiger partial charge is 0.0156 e. The molecular formula is C10H22N2. The summed E-state index contributed by atoms with van der Waals surface area (Å²) >= 11 is 0. The molecule has 0 aliphatic carbocycles. The van der Waals surface area contributed by atoms with E-state index in [-0.39, 0.29) is 0 Å². The van der Waals surface area contributed by atoms with E-state index in [1.807, 2.05) is 0 Å². The van der Waals surface area contributed by atoms with Crippen LogP contribution in [0.15, 0.2) is 11.8 Å². The maximum absolute atomic E-state index is 3.41. The number of nitrogens with one attached hydrogen (secondary N) is 1. The zero-order valence-electron chi connectivity index (χ0n) is 8.85. The number of nitrogens with zero attached hydrogens (tertiary/aromatic N) is 1. The van der Waals surface area contributed by atoms with Gasteiger partial charge in [-0.05, 0) is 40.4 Å². The van der Waals surface area contributed by atoms with Gasteiger partial charge in [-0.25, -0.2) is 0 Å². The second-order valence-corrected chi connectivity index (χ2v) is 3.25. The number of hydrogen-bond acceptors (Lipinski definition) is 2. The third-order valence-electron chi connectivity index (χ3n) is 1.86. The summed E-state index contributed by atoms with van der Waals surface area (Å²) in [4.78, 5) is 2.21. The Kier molecular flexibility index (Phi) is 6.87. The molecule has 0 aliphatic heterocycles. The topological polar surface area (TPSA) is 15.3 Å². The van der Waals surface area contributed by atoms with Gasteiger partial charge in [0.2, 0.25) is 0 Å². The first-order chi connectivity index (χ1) is 5.70. The van der Waals surface area contributed by atoms with Gasteiger partial charge in [0.25, 0.3) is 0 Å². The van der Waals surface area contributed by atoms with Gasteiger partial charge in [-0.15, -0.1) is 0 Å². The van der Waals surface area contributed by atoms with Crippen molar-refractivity contribution >= 4 is 0 Å². The lowest BCUT2D eigenvalue weighted by Crippen LogP contribution is -2.20. The molecule has 0 aromatic carbocycles. The van der Waals surface area contributed by atoms with Crippen molar-refractivity contribution in [1.29, 1.82) is 0 Å². The molecule has 0 saturated heterocycles. The number of hydrogen-bond donors (Lipinski definition) is 1. The predicted molar refractivity (Wildman–Crippen MR) is 55.2 cm³/mol. The molecule has 0 heterocycles. The first-order valence-electron chi connectivity index (χ1n) is 4.74. The summed E-state index contributed by atoms with van der Waals surface area (Å²) in [5, 5.41) is 3.41. The highest BCUT2D eigenvalue weighted by molar-refractivity contribution is 4.95. The summed E-state index contributed by atoms with van der Waals surface area (Å²) in [7, 11) is 4.22. The molecule has 1 N–H and O–H groups in total. The summed E-state index contributed by atoms with van der Waals surface area (Å²) in [6.45, 7) is 6.51. The molecule has 0 unspecified atom stereocenters. The molecule has 12 heavy (non-hydrogen) atoms. The minimum atomic E-state index is 1.09. The Morgan fingerprint density at radius 3 is 2.50 bits per heavy atom. The quantitative estimate of drug-likeness (QED) is 0.612. The molecule has 0 bridgehead atoms. The van der Waals surface area contributed by atoms with Crippen LogP contribution in [0.3, 0.4) is 0 Å². The van der Waals surface area contributed by atoms with Gasteiger partial charge in [0.05, 0.1) is 0 Å². The highest BCUT2D eigenvalue weighted by Gasteiger charge is 1.92. The Labute approximate surface area is 76.6 Å². The van der Waals surface area contributed by atoms with Crippen LogP contribution in [0.1, 0.15) is 26.7 Å². The molecule has 2 heteroatoms. The van der Waals surface area contributed by atoms with E-state index in [1.165, 1.54) is 12.1 Å². The van der Waals surface area contributed by atoms with Gasteiger partial charge in [-0.3, -0.25) is 0 Å². The lowest BCUT2D eigenvalue weighted by atomic mass is 10.3. The third kappa shape index (κ3) is 6.23. The maximum Gasteiger partial charge on any atom is 0.0156 e. The predicted octanol–water partition coefficient (Wildman–Crippen LogP) is 1.84. The number of rotatable bonds is 6. The first kappa shape index (κ1) is 11.5. The Morgan fingerprint density at radius 1 is 1.42 bits per heavy atom. The fraction of sp³-hybridized carbons (Fsp3) is 0.800. The largest absolute Gasteiger partial charge is 0.389 e. The van der Waals surface area contributed by atoms with E-state index in [0.717, 1.165) is 19.5 Å². The third-order valence-corrected chi connectivity index (χ3v) is 1.86. The average Bonchev–Trinajstić information content (AvgIpc) is 2.04. The summed E-state index contributed by atoms with van der Waals surface area (Å²) in [5.41, 5.74) is 1.36. The molecule has 0 atom stereocenters. The zero-order chi connectivity index (χ0) is 9.40. The van der Waals surface area contributed by atoms with Crippen LogP contribution >= 0.6 is 0 Å². The number of allylic oxidation sites excluding steroid dienone is 2. The molecular weight excluding hydrogens is 148 g/mol. The van der Waals surface area contributed by atoms with E-state index < -0.39 is 0 Å².